The first kappa shape index (κ1) is 24.2. The minimum atomic E-state index is -5.84. The number of ether oxygens (including phenoxy) is 1. The van der Waals surface area contributed by atoms with Crippen LogP contribution >= 0.6 is 0 Å². The van der Waals surface area contributed by atoms with Gasteiger partial charge in [0.25, 0.3) is 9.84 Å². The van der Waals surface area contributed by atoms with Gasteiger partial charge in [0, 0.05) is 25.6 Å². The zero-order valence-corrected chi connectivity index (χ0v) is 18.0. The Morgan fingerprint density at radius 2 is 1.77 bits per heavy atom. The molecule has 1 amide bonds. The summed E-state index contributed by atoms with van der Waals surface area (Å²) in [6.45, 7) is 5.69. The van der Waals surface area contributed by atoms with Gasteiger partial charge in [-0.25, -0.2) is 26.8 Å². The number of primary sulfonamides is 1. The first-order valence-corrected chi connectivity index (χ1v) is 11.6. The van der Waals surface area contributed by atoms with Crippen LogP contribution in [0.5, 0.6) is 0 Å². The summed E-state index contributed by atoms with van der Waals surface area (Å²) in [5.74, 6) is -0.170. The van der Waals surface area contributed by atoms with Gasteiger partial charge in [-0.05, 0) is 39.0 Å². The van der Waals surface area contributed by atoms with Crippen molar-refractivity contribution in [2.24, 2.45) is 11.1 Å². The van der Waals surface area contributed by atoms with E-state index in [0.717, 1.165) is 12.1 Å². The Hall–Kier alpha value is -2.06. The number of nitrogens with two attached hydrogens (primary N) is 1. The van der Waals surface area contributed by atoms with Gasteiger partial charge in [0.05, 0.1) is 10.6 Å². The smallest absolute Gasteiger partial charge is 0.444 e. The molecule has 14 heteroatoms. The first-order chi connectivity index (χ1) is 13.4. The summed E-state index contributed by atoms with van der Waals surface area (Å²) in [4.78, 5) is 11.3. The molecule has 1 aliphatic rings. The van der Waals surface area contributed by atoms with Gasteiger partial charge < -0.3 is 15.0 Å². The predicted molar refractivity (Wildman–Crippen MR) is 101 cm³/mol. The van der Waals surface area contributed by atoms with Crippen molar-refractivity contribution in [2.45, 2.75) is 41.7 Å². The number of halogens is 3. The van der Waals surface area contributed by atoms with Crippen LogP contribution in [-0.2, 0) is 24.6 Å². The third-order valence-electron chi connectivity index (χ3n) is 4.07. The molecule has 170 valence electrons. The maximum Gasteiger partial charge on any atom is 0.501 e. The highest BCUT2D eigenvalue weighted by atomic mass is 32.2. The molecule has 1 aromatic carbocycles. The third kappa shape index (κ3) is 5.55. The molecule has 1 aliphatic heterocycles. The molecular formula is C16H22F3N3O6S2. The highest BCUT2D eigenvalue weighted by molar-refractivity contribution is 7.92. The predicted octanol–water partition coefficient (Wildman–Crippen LogP) is 1.91. The van der Waals surface area contributed by atoms with Crippen LogP contribution in [0.4, 0.5) is 23.7 Å². The van der Waals surface area contributed by atoms with Crippen LogP contribution in [0.3, 0.4) is 0 Å². The molecule has 0 atom stereocenters. The maximum absolute atomic E-state index is 13.0. The van der Waals surface area contributed by atoms with Crippen LogP contribution in [0.1, 0.15) is 20.8 Å². The second-order valence-electron chi connectivity index (χ2n) is 7.78. The first-order valence-electron chi connectivity index (χ1n) is 8.62. The van der Waals surface area contributed by atoms with Crippen molar-refractivity contribution in [3.05, 3.63) is 18.2 Å². The Morgan fingerprint density at radius 3 is 2.23 bits per heavy atom. The topological polar surface area (TPSA) is 136 Å². The van der Waals surface area contributed by atoms with Crippen LogP contribution in [0.15, 0.2) is 28.0 Å². The monoisotopic (exact) mass is 473 g/mol. The van der Waals surface area contributed by atoms with E-state index in [4.69, 9.17) is 9.88 Å². The fourth-order valence-corrected chi connectivity index (χ4v) is 4.18. The lowest BCUT2D eigenvalue weighted by molar-refractivity contribution is -0.0436. The molecule has 3 N–H and O–H groups in total. The second kappa shape index (κ2) is 7.89. The fraction of sp³-hybridized carbons (Fsp3) is 0.562. The summed E-state index contributed by atoms with van der Waals surface area (Å²) in [6, 6.07) is 2.18. The minimum absolute atomic E-state index is 0.0500. The van der Waals surface area contributed by atoms with Gasteiger partial charge in [0.15, 0.2) is 0 Å². The lowest BCUT2D eigenvalue weighted by atomic mass is 10.0. The van der Waals surface area contributed by atoms with Crippen LogP contribution in [-0.4, -0.2) is 58.6 Å². The van der Waals surface area contributed by atoms with Crippen LogP contribution in [0.25, 0.3) is 0 Å². The van der Waals surface area contributed by atoms with Crippen LogP contribution < -0.4 is 10.5 Å². The minimum Gasteiger partial charge on any atom is -0.444 e. The van der Waals surface area contributed by atoms with Gasteiger partial charge in [-0.3, -0.25) is 0 Å². The Kier molecular flexibility index (Phi) is 6.37. The quantitative estimate of drug-likeness (QED) is 0.667. The van der Waals surface area contributed by atoms with E-state index in [1.807, 2.05) is 0 Å². The van der Waals surface area contributed by atoms with E-state index in [1.54, 1.807) is 20.8 Å². The van der Waals surface area contributed by atoms with Gasteiger partial charge in [0.1, 0.15) is 10.5 Å². The normalized spacial score (nSPS) is 16.2. The average Bonchev–Trinajstić information content (AvgIpc) is 2.49. The Bertz CT molecular complexity index is 1030. The standard InChI is InChI=1S/C16H22F3N3O6S2/c1-15(2,3)28-14(23)22-8-10(9-22)7-21-12-5-4-11(30(20,26)27)6-13(12)29(24,25)16(17,18)19/h4-6,10,21H,7-9H2,1-3H3,(H2,20,26,27). The number of likely N-dealkylation sites (tertiary alicyclic amines) is 1. The fourth-order valence-electron chi connectivity index (χ4n) is 2.60. The lowest BCUT2D eigenvalue weighted by Crippen LogP contribution is -2.53. The zero-order valence-electron chi connectivity index (χ0n) is 16.4. The molecule has 1 aromatic rings. The van der Waals surface area contributed by atoms with E-state index in [0.29, 0.717) is 6.07 Å². The summed E-state index contributed by atoms with van der Waals surface area (Å²) >= 11 is 0. The molecule has 0 unspecified atom stereocenters. The van der Waals surface area contributed by atoms with Gasteiger partial charge in [0.2, 0.25) is 10.0 Å². The van der Waals surface area contributed by atoms with E-state index >= 15 is 0 Å². The van der Waals surface area contributed by atoms with Crippen molar-refractivity contribution >= 4 is 31.6 Å². The molecule has 0 aliphatic carbocycles. The number of carbonyl (C=O) groups excluding carboxylic acids is 1. The number of sulfone groups is 1. The Labute approximate surface area is 172 Å². The maximum atomic E-state index is 13.0. The third-order valence-corrected chi connectivity index (χ3v) is 6.50. The largest absolute Gasteiger partial charge is 0.501 e. The number of anilines is 1. The molecule has 1 fully saturated rings. The number of carbonyl (C=O) groups is 1. The molecule has 0 spiro atoms. The molecule has 2 rings (SSSR count). The van der Waals surface area contributed by atoms with Gasteiger partial charge in [-0.1, -0.05) is 0 Å². The number of alkyl halides is 3. The molecule has 0 saturated carbocycles. The number of hydrogen-bond acceptors (Lipinski definition) is 7. The van der Waals surface area contributed by atoms with Crippen molar-refractivity contribution in [1.29, 1.82) is 0 Å². The number of nitrogens with one attached hydrogen (secondary N) is 1. The van der Waals surface area contributed by atoms with Gasteiger partial charge >= 0.3 is 11.6 Å². The lowest BCUT2D eigenvalue weighted by Gasteiger charge is -2.40. The van der Waals surface area contributed by atoms with Crippen molar-refractivity contribution < 1.29 is 39.5 Å². The van der Waals surface area contributed by atoms with E-state index in [-0.39, 0.29) is 25.6 Å². The highest BCUT2D eigenvalue weighted by Gasteiger charge is 2.48. The highest BCUT2D eigenvalue weighted by Crippen LogP contribution is 2.36. The Morgan fingerprint density at radius 1 is 1.20 bits per heavy atom. The number of nitrogens with zero attached hydrogens (tertiary/aromatic N) is 1. The molecule has 30 heavy (non-hydrogen) atoms. The number of rotatable bonds is 5. The van der Waals surface area contributed by atoms with E-state index in [9.17, 15) is 34.8 Å². The van der Waals surface area contributed by atoms with Crippen molar-refractivity contribution in [3.63, 3.8) is 0 Å². The summed E-state index contributed by atoms with van der Waals surface area (Å²) in [5, 5.41) is 7.48. The van der Waals surface area contributed by atoms with Crippen LogP contribution in [0.2, 0.25) is 0 Å². The van der Waals surface area contributed by atoms with Crippen molar-refractivity contribution in [2.75, 3.05) is 25.0 Å². The number of sulfonamides is 1. The van der Waals surface area contributed by atoms with E-state index < -0.39 is 52.5 Å². The summed E-state index contributed by atoms with van der Waals surface area (Å²) < 4.78 is 90.9. The summed E-state index contributed by atoms with van der Waals surface area (Å²) in [6.07, 6.45) is -0.531. The van der Waals surface area contributed by atoms with Crippen molar-refractivity contribution in [1.82, 2.24) is 4.90 Å². The number of benzene rings is 1. The summed E-state index contributed by atoms with van der Waals surface area (Å²) in [5.41, 5.74) is -6.73. The zero-order chi connectivity index (χ0) is 23.1. The molecule has 1 heterocycles. The van der Waals surface area contributed by atoms with Gasteiger partial charge in [-0.15, -0.1) is 0 Å². The Balaban J connectivity index is 2.16. The molecule has 1 saturated heterocycles. The molecular weight excluding hydrogens is 451 g/mol. The van der Waals surface area contributed by atoms with Crippen molar-refractivity contribution in [3.8, 4) is 0 Å². The molecule has 0 radical (unpaired) electrons. The van der Waals surface area contributed by atoms with E-state index in [1.165, 1.54) is 4.90 Å². The second-order valence-corrected chi connectivity index (χ2v) is 11.3. The van der Waals surface area contributed by atoms with Gasteiger partial charge in [-0.2, -0.15) is 13.2 Å². The summed E-state index contributed by atoms with van der Waals surface area (Å²) in [7, 11) is -10.3. The SMILES string of the molecule is CC(C)(C)OC(=O)N1CC(CNc2ccc(S(N)(=O)=O)cc2S(=O)(=O)C(F)(F)F)C1. The molecule has 9 nitrogen and oxygen atoms in total. The van der Waals surface area contributed by atoms with E-state index in [2.05, 4.69) is 5.32 Å². The molecule has 0 aromatic heterocycles. The molecule has 0 bridgehead atoms. The number of amides is 1. The number of hydrogen-bond donors (Lipinski definition) is 2. The van der Waals surface area contributed by atoms with Crippen LogP contribution in [0, 0.1) is 5.92 Å². The average molecular weight is 473 g/mol.